The molecular formula is C16H31N3. The molecule has 1 saturated carbocycles. The second-order valence-corrected chi connectivity index (χ2v) is 7.23. The zero-order valence-electron chi connectivity index (χ0n) is 12.8. The van der Waals surface area contributed by atoms with Gasteiger partial charge in [0, 0.05) is 37.8 Å². The van der Waals surface area contributed by atoms with Gasteiger partial charge in [0.1, 0.15) is 0 Å². The summed E-state index contributed by atoms with van der Waals surface area (Å²) < 4.78 is 0. The number of rotatable bonds is 5. The van der Waals surface area contributed by atoms with Crippen LogP contribution in [-0.2, 0) is 0 Å². The highest BCUT2D eigenvalue weighted by Crippen LogP contribution is 2.32. The predicted molar refractivity (Wildman–Crippen MR) is 80.4 cm³/mol. The van der Waals surface area contributed by atoms with Crippen LogP contribution in [0.3, 0.4) is 0 Å². The summed E-state index contributed by atoms with van der Waals surface area (Å²) in [7, 11) is 0. The van der Waals surface area contributed by atoms with Gasteiger partial charge in [-0.3, -0.25) is 9.80 Å². The number of piperidine rings is 1. The Labute approximate surface area is 118 Å². The van der Waals surface area contributed by atoms with Gasteiger partial charge in [0.2, 0.25) is 0 Å². The lowest BCUT2D eigenvalue weighted by Gasteiger charge is -2.37. The zero-order valence-corrected chi connectivity index (χ0v) is 12.8. The topological polar surface area (TPSA) is 18.5 Å². The Morgan fingerprint density at radius 1 is 0.947 bits per heavy atom. The van der Waals surface area contributed by atoms with Crippen LogP contribution >= 0.6 is 0 Å². The van der Waals surface area contributed by atoms with E-state index in [9.17, 15) is 0 Å². The SMILES string of the molecule is CC(C)NCC1CCCN(C2CCN(C3CC3)C2)C1. The van der Waals surface area contributed by atoms with Crippen molar-refractivity contribution in [2.75, 3.05) is 32.7 Å². The van der Waals surface area contributed by atoms with E-state index in [2.05, 4.69) is 29.0 Å². The largest absolute Gasteiger partial charge is 0.314 e. The maximum Gasteiger partial charge on any atom is 0.0235 e. The molecule has 3 nitrogen and oxygen atoms in total. The van der Waals surface area contributed by atoms with Crippen molar-refractivity contribution in [3.63, 3.8) is 0 Å². The summed E-state index contributed by atoms with van der Waals surface area (Å²) in [5.74, 6) is 0.881. The highest BCUT2D eigenvalue weighted by atomic mass is 15.3. The highest BCUT2D eigenvalue weighted by molar-refractivity contribution is 4.93. The minimum Gasteiger partial charge on any atom is -0.314 e. The molecule has 0 bridgehead atoms. The molecule has 3 aliphatic rings. The summed E-state index contributed by atoms with van der Waals surface area (Å²) in [6.07, 6.45) is 7.18. The van der Waals surface area contributed by atoms with Crippen LogP contribution in [0.15, 0.2) is 0 Å². The van der Waals surface area contributed by atoms with Gasteiger partial charge in [-0.25, -0.2) is 0 Å². The molecule has 2 unspecified atom stereocenters. The van der Waals surface area contributed by atoms with Crippen LogP contribution in [0.2, 0.25) is 0 Å². The van der Waals surface area contributed by atoms with Gasteiger partial charge in [-0.15, -0.1) is 0 Å². The van der Waals surface area contributed by atoms with Crippen molar-refractivity contribution < 1.29 is 0 Å². The summed E-state index contributed by atoms with van der Waals surface area (Å²) in [5.41, 5.74) is 0. The Morgan fingerprint density at radius 2 is 1.74 bits per heavy atom. The maximum atomic E-state index is 3.63. The van der Waals surface area contributed by atoms with Crippen LogP contribution in [0.5, 0.6) is 0 Å². The van der Waals surface area contributed by atoms with Crippen molar-refractivity contribution in [1.29, 1.82) is 0 Å². The quantitative estimate of drug-likeness (QED) is 0.819. The molecule has 2 aliphatic heterocycles. The average Bonchev–Trinajstić information content (AvgIpc) is 3.14. The van der Waals surface area contributed by atoms with E-state index in [0.717, 1.165) is 18.0 Å². The first-order valence-electron chi connectivity index (χ1n) is 8.44. The predicted octanol–water partition coefficient (Wildman–Crippen LogP) is 1.93. The van der Waals surface area contributed by atoms with Gasteiger partial charge in [0.05, 0.1) is 0 Å². The molecule has 2 atom stereocenters. The summed E-state index contributed by atoms with van der Waals surface area (Å²) in [6.45, 7) is 11.1. The first-order valence-corrected chi connectivity index (χ1v) is 8.44. The van der Waals surface area contributed by atoms with E-state index < -0.39 is 0 Å². The van der Waals surface area contributed by atoms with Gasteiger partial charge in [0.25, 0.3) is 0 Å². The Bertz CT molecular complexity index is 288. The lowest BCUT2D eigenvalue weighted by atomic mass is 9.96. The monoisotopic (exact) mass is 265 g/mol. The summed E-state index contributed by atoms with van der Waals surface area (Å²) in [5, 5.41) is 3.63. The molecular weight excluding hydrogens is 234 g/mol. The van der Waals surface area contributed by atoms with Crippen LogP contribution in [0, 0.1) is 5.92 Å². The minimum atomic E-state index is 0.632. The van der Waals surface area contributed by atoms with Crippen molar-refractivity contribution in [2.24, 2.45) is 5.92 Å². The van der Waals surface area contributed by atoms with Crippen molar-refractivity contribution in [2.45, 2.75) is 64.1 Å². The molecule has 0 aromatic rings. The van der Waals surface area contributed by atoms with E-state index >= 15 is 0 Å². The Hall–Kier alpha value is -0.120. The molecule has 110 valence electrons. The van der Waals surface area contributed by atoms with Gasteiger partial charge in [-0.1, -0.05) is 13.8 Å². The lowest BCUT2D eigenvalue weighted by Crippen LogP contribution is -2.46. The molecule has 2 heterocycles. The number of likely N-dealkylation sites (tertiary alicyclic amines) is 2. The van der Waals surface area contributed by atoms with E-state index in [1.165, 1.54) is 64.8 Å². The van der Waals surface area contributed by atoms with Crippen LogP contribution in [0.1, 0.15) is 46.0 Å². The number of hydrogen-bond acceptors (Lipinski definition) is 3. The standard InChI is InChI=1S/C16H31N3/c1-13(2)17-10-14-4-3-8-18(11-14)16-7-9-19(12-16)15-5-6-15/h13-17H,3-12H2,1-2H3. The van der Waals surface area contributed by atoms with E-state index in [4.69, 9.17) is 0 Å². The molecule has 1 N–H and O–H groups in total. The van der Waals surface area contributed by atoms with Gasteiger partial charge >= 0.3 is 0 Å². The third-order valence-electron chi connectivity index (χ3n) is 5.14. The molecule has 2 saturated heterocycles. The number of hydrogen-bond donors (Lipinski definition) is 1. The number of nitrogens with zero attached hydrogens (tertiary/aromatic N) is 2. The van der Waals surface area contributed by atoms with Crippen molar-refractivity contribution >= 4 is 0 Å². The molecule has 0 spiro atoms. The van der Waals surface area contributed by atoms with Crippen molar-refractivity contribution in [3.05, 3.63) is 0 Å². The Balaban J connectivity index is 1.45. The van der Waals surface area contributed by atoms with Gasteiger partial charge < -0.3 is 5.32 Å². The molecule has 3 heteroatoms. The maximum absolute atomic E-state index is 3.63. The van der Waals surface area contributed by atoms with Gasteiger partial charge in [0.15, 0.2) is 0 Å². The molecule has 0 aromatic carbocycles. The number of nitrogens with one attached hydrogen (secondary N) is 1. The molecule has 3 fully saturated rings. The minimum absolute atomic E-state index is 0.632. The van der Waals surface area contributed by atoms with Gasteiger partial charge in [-0.05, 0) is 51.1 Å². The average molecular weight is 265 g/mol. The first kappa shape index (κ1) is 13.8. The van der Waals surface area contributed by atoms with E-state index in [0.29, 0.717) is 6.04 Å². The fourth-order valence-electron chi connectivity index (χ4n) is 3.84. The fraction of sp³-hybridized carbons (Fsp3) is 1.00. The second kappa shape index (κ2) is 6.11. The van der Waals surface area contributed by atoms with Crippen LogP contribution < -0.4 is 5.32 Å². The summed E-state index contributed by atoms with van der Waals surface area (Å²) in [4.78, 5) is 5.55. The Kier molecular flexibility index (Phi) is 4.45. The first-order chi connectivity index (χ1) is 9.22. The second-order valence-electron chi connectivity index (χ2n) is 7.23. The van der Waals surface area contributed by atoms with Crippen LogP contribution in [-0.4, -0.2) is 60.6 Å². The van der Waals surface area contributed by atoms with Crippen molar-refractivity contribution in [1.82, 2.24) is 15.1 Å². The van der Waals surface area contributed by atoms with E-state index in [1.54, 1.807) is 0 Å². The van der Waals surface area contributed by atoms with Gasteiger partial charge in [-0.2, -0.15) is 0 Å². The van der Waals surface area contributed by atoms with Crippen molar-refractivity contribution in [3.8, 4) is 0 Å². The summed E-state index contributed by atoms with van der Waals surface area (Å²) >= 11 is 0. The lowest BCUT2D eigenvalue weighted by molar-refractivity contribution is 0.121. The fourth-order valence-corrected chi connectivity index (χ4v) is 3.84. The highest BCUT2D eigenvalue weighted by Gasteiger charge is 2.37. The third kappa shape index (κ3) is 3.71. The Morgan fingerprint density at radius 3 is 2.47 bits per heavy atom. The van der Waals surface area contributed by atoms with Crippen LogP contribution in [0.4, 0.5) is 0 Å². The normalized spacial score (nSPS) is 34.3. The molecule has 3 rings (SSSR count). The third-order valence-corrected chi connectivity index (χ3v) is 5.14. The van der Waals surface area contributed by atoms with E-state index in [1.807, 2.05) is 0 Å². The molecule has 0 aromatic heterocycles. The molecule has 19 heavy (non-hydrogen) atoms. The molecule has 1 aliphatic carbocycles. The van der Waals surface area contributed by atoms with Crippen LogP contribution in [0.25, 0.3) is 0 Å². The zero-order chi connectivity index (χ0) is 13.2. The van der Waals surface area contributed by atoms with E-state index in [-0.39, 0.29) is 0 Å². The molecule has 0 radical (unpaired) electrons. The molecule has 0 amide bonds. The summed E-state index contributed by atoms with van der Waals surface area (Å²) in [6, 6.07) is 2.46. The smallest absolute Gasteiger partial charge is 0.0235 e.